The van der Waals surface area contributed by atoms with E-state index in [0.717, 1.165) is 13.1 Å². The topological polar surface area (TPSA) is 41.1 Å². The van der Waals surface area contributed by atoms with Crippen LogP contribution in [-0.4, -0.2) is 34.0 Å². The van der Waals surface area contributed by atoms with Crippen molar-refractivity contribution in [3.05, 3.63) is 32.7 Å². The highest BCUT2D eigenvalue weighted by Gasteiger charge is 2.56. The Labute approximate surface area is 170 Å². The quantitative estimate of drug-likeness (QED) is 0.786. The molecule has 0 radical (unpaired) electrons. The lowest BCUT2D eigenvalue weighted by Gasteiger charge is -2.28. The van der Waals surface area contributed by atoms with Crippen molar-refractivity contribution >= 4 is 35.1 Å². The summed E-state index contributed by atoms with van der Waals surface area (Å²) in [6.45, 7) is 11.1. The molecule has 2 aromatic rings. The number of aromatic nitrogens is 2. The summed E-state index contributed by atoms with van der Waals surface area (Å²) in [5.74, 6) is 0. The second kappa shape index (κ2) is 7.84. The van der Waals surface area contributed by atoms with Gasteiger partial charge in [0.15, 0.2) is 0 Å². The van der Waals surface area contributed by atoms with Gasteiger partial charge in [-0.15, -0.1) is 35.1 Å². The van der Waals surface area contributed by atoms with E-state index in [4.69, 9.17) is 4.98 Å². The molecule has 1 saturated carbocycles. The highest BCUT2D eigenvalue weighted by atomic mass is 35.5. The lowest BCUT2D eigenvalue weighted by molar-refractivity contribution is 0.187. The van der Waals surface area contributed by atoms with Crippen LogP contribution in [0.3, 0.4) is 0 Å². The Hall–Kier alpha value is -0.530. The van der Waals surface area contributed by atoms with Crippen molar-refractivity contribution in [2.75, 3.05) is 13.1 Å². The van der Waals surface area contributed by atoms with Gasteiger partial charge in [0.05, 0.1) is 13.1 Å². The molecule has 1 spiro atoms. The van der Waals surface area contributed by atoms with Crippen LogP contribution in [0.1, 0.15) is 54.9 Å². The summed E-state index contributed by atoms with van der Waals surface area (Å²) >= 11 is 3.65. The van der Waals surface area contributed by atoms with Gasteiger partial charge in [0.25, 0.3) is 0 Å². The Bertz CT molecular complexity index is 701. The van der Waals surface area contributed by atoms with Gasteiger partial charge < -0.3 is 5.32 Å². The van der Waals surface area contributed by atoms with Crippen molar-refractivity contribution in [3.8, 4) is 0 Å². The summed E-state index contributed by atoms with van der Waals surface area (Å²) < 4.78 is 0. The van der Waals surface area contributed by atoms with Crippen LogP contribution in [0, 0.1) is 5.41 Å². The van der Waals surface area contributed by atoms with Crippen LogP contribution in [0.2, 0.25) is 0 Å². The van der Waals surface area contributed by atoms with Gasteiger partial charge in [0.1, 0.15) is 10.0 Å². The number of hydrogen-bond acceptors (Lipinski definition) is 6. The molecule has 2 aromatic heterocycles. The molecular weight excluding hydrogens is 384 g/mol. The first-order chi connectivity index (χ1) is 12.0. The maximum Gasteiger partial charge on any atom is 0.107 e. The Balaban J connectivity index is 0.00000196. The molecular formula is C19H29ClN4S2. The van der Waals surface area contributed by atoms with Crippen LogP contribution in [0.4, 0.5) is 0 Å². The van der Waals surface area contributed by atoms with Gasteiger partial charge in [-0.1, -0.05) is 20.8 Å². The van der Waals surface area contributed by atoms with Crippen LogP contribution < -0.4 is 5.32 Å². The SMILES string of the molecule is CC(C)(C)c1cnc(CN(Cc2nccs2)C2CC23CCNCC3)s1.Cl. The number of halogens is 1. The molecule has 1 unspecified atom stereocenters. The fraction of sp³-hybridized carbons (Fsp3) is 0.684. The van der Waals surface area contributed by atoms with Gasteiger partial charge in [-0.2, -0.15) is 0 Å². The molecule has 1 saturated heterocycles. The monoisotopic (exact) mass is 412 g/mol. The number of thiazole rings is 2. The first-order valence-corrected chi connectivity index (χ1v) is 10.9. The minimum Gasteiger partial charge on any atom is -0.317 e. The van der Waals surface area contributed by atoms with Crippen LogP contribution in [0.25, 0.3) is 0 Å². The maximum absolute atomic E-state index is 4.74. The molecule has 1 atom stereocenters. The van der Waals surface area contributed by atoms with E-state index in [2.05, 4.69) is 47.5 Å². The normalized spacial score (nSPS) is 21.8. The first-order valence-electron chi connectivity index (χ1n) is 9.25. The third kappa shape index (κ3) is 4.30. The summed E-state index contributed by atoms with van der Waals surface area (Å²) in [7, 11) is 0. The summed E-state index contributed by atoms with van der Waals surface area (Å²) in [4.78, 5) is 13.3. The van der Waals surface area contributed by atoms with Crippen LogP contribution >= 0.6 is 35.1 Å². The first kappa shape index (κ1) is 20.2. The molecule has 7 heteroatoms. The highest BCUT2D eigenvalue weighted by molar-refractivity contribution is 7.11. The lowest BCUT2D eigenvalue weighted by Crippen LogP contribution is -2.35. The van der Waals surface area contributed by atoms with Gasteiger partial charge >= 0.3 is 0 Å². The molecule has 4 nitrogen and oxygen atoms in total. The number of piperidine rings is 1. The van der Waals surface area contributed by atoms with Crippen molar-refractivity contribution in [1.82, 2.24) is 20.2 Å². The van der Waals surface area contributed by atoms with Gasteiger partial charge in [-0.25, -0.2) is 9.97 Å². The van der Waals surface area contributed by atoms with E-state index in [9.17, 15) is 0 Å². The van der Waals surface area contributed by atoms with Crippen molar-refractivity contribution in [2.45, 2.75) is 64.6 Å². The molecule has 26 heavy (non-hydrogen) atoms. The predicted octanol–water partition coefficient (Wildman–Crippen LogP) is 4.46. The highest BCUT2D eigenvalue weighted by Crippen LogP contribution is 2.56. The Kier molecular flexibility index (Phi) is 6.09. The largest absolute Gasteiger partial charge is 0.317 e. The smallest absolute Gasteiger partial charge is 0.107 e. The Morgan fingerprint density at radius 3 is 2.54 bits per heavy atom. The third-order valence-corrected chi connectivity index (χ3v) is 7.81. The van der Waals surface area contributed by atoms with E-state index in [1.165, 1.54) is 47.2 Å². The zero-order valence-electron chi connectivity index (χ0n) is 15.8. The van der Waals surface area contributed by atoms with E-state index < -0.39 is 0 Å². The number of rotatable bonds is 5. The molecule has 0 bridgehead atoms. The second-order valence-corrected chi connectivity index (χ2v) is 10.6. The van der Waals surface area contributed by atoms with E-state index in [0.29, 0.717) is 11.5 Å². The summed E-state index contributed by atoms with van der Waals surface area (Å²) in [6.07, 6.45) is 7.98. The molecule has 144 valence electrons. The zero-order valence-corrected chi connectivity index (χ0v) is 18.3. The lowest BCUT2D eigenvalue weighted by atomic mass is 9.93. The number of nitrogens with zero attached hydrogens (tertiary/aromatic N) is 3. The van der Waals surface area contributed by atoms with Crippen molar-refractivity contribution < 1.29 is 0 Å². The summed E-state index contributed by atoms with van der Waals surface area (Å²) in [5, 5.41) is 8.07. The van der Waals surface area contributed by atoms with Crippen molar-refractivity contribution in [3.63, 3.8) is 0 Å². The molecule has 3 heterocycles. The van der Waals surface area contributed by atoms with Crippen LogP contribution in [0.15, 0.2) is 17.8 Å². The van der Waals surface area contributed by atoms with Gasteiger partial charge in [0.2, 0.25) is 0 Å². The van der Waals surface area contributed by atoms with E-state index >= 15 is 0 Å². The van der Waals surface area contributed by atoms with Gasteiger partial charge in [-0.3, -0.25) is 4.90 Å². The molecule has 2 aliphatic rings. The van der Waals surface area contributed by atoms with Crippen molar-refractivity contribution in [2.24, 2.45) is 5.41 Å². The van der Waals surface area contributed by atoms with Crippen LogP contribution in [0.5, 0.6) is 0 Å². The van der Waals surface area contributed by atoms with Gasteiger partial charge in [-0.05, 0) is 43.2 Å². The average Bonchev–Trinajstić information content (AvgIpc) is 3.00. The Morgan fingerprint density at radius 2 is 1.92 bits per heavy atom. The van der Waals surface area contributed by atoms with Gasteiger partial charge in [0, 0.05) is 28.7 Å². The number of hydrogen-bond donors (Lipinski definition) is 1. The average molecular weight is 413 g/mol. The second-order valence-electron chi connectivity index (χ2n) is 8.53. The third-order valence-electron chi connectivity index (χ3n) is 5.64. The molecule has 0 amide bonds. The molecule has 2 fully saturated rings. The van der Waals surface area contributed by atoms with E-state index in [1.54, 1.807) is 11.3 Å². The fourth-order valence-corrected chi connectivity index (χ4v) is 5.63. The van der Waals surface area contributed by atoms with Crippen molar-refractivity contribution in [1.29, 1.82) is 0 Å². The van der Waals surface area contributed by atoms with E-state index in [1.807, 2.05) is 17.5 Å². The molecule has 1 N–H and O–H groups in total. The summed E-state index contributed by atoms with van der Waals surface area (Å²) in [6, 6.07) is 0.695. The standard InChI is InChI=1S/C19H28N4S2.ClH/c1-18(2,3)15-11-22-17(25-15)13-23(12-16-21-8-9-24-16)14-10-19(14)4-6-20-7-5-19;/h8-9,11,14,20H,4-7,10,12-13H2,1-3H3;1H. The number of nitrogens with one attached hydrogen (secondary N) is 1. The van der Waals surface area contributed by atoms with E-state index in [-0.39, 0.29) is 17.8 Å². The zero-order chi connectivity index (χ0) is 17.5. The molecule has 1 aliphatic carbocycles. The minimum absolute atomic E-state index is 0. The Morgan fingerprint density at radius 1 is 1.19 bits per heavy atom. The molecule has 1 aliphatic heterocycles. The summed E-state index contributed by atoms with van der Waals surface area (Å²) in [5.41, 5.74) is 0.735. The molecule has 4 rings (SSSR count). The maximum atomic E-state index is 4.74. The fourth-order valence-electron chi connectivity index (χ4n) is 3.99. The molecule has 0 aromatic carbocycles. The van der Waals surface area contributed by atoms with Crippen LogP contribution in [-0.2, 0) is 18.5 Å². The predicted molar refractivity (Wildman–Crippen MR) is 112 cm³/mol. The minimum atomic E-state index is 0.